The van der Waals surface area contributed by atoms with Crippen molar-refractivity contribution < 1.29 is 9.18 Å². The molecule has 1 N–H and O–H groups in total. The summed E-state index contributed by atoms with van der Waals surface area (Å²) in [5.41, 5.74) is 3.43. The number of fused-ring (bicyclic) bond motifs is 1. The van der Waals surface area contributed by atoms with Gasteiger partial charge in [-0.2, -0.15) is 0 Å². The van der Waals surface area contributed by atoms with E-state index in [-0.39, 0.29) is 11.7 Å². The predicted octanol–water partition coefficient (Wildman–Crippen LogP) is 5.32. The zero-order chi connectivity index (χ0) is 19.5. The number of carbonyl (C=O) groups excluding carboxylic acids is 1. The molecular weight excluding hydrogens is 373 g/mol. The molecule has 3 aromatic carbocycles. The minimum atomic E-state index is -0.241. The van der Waals surface area contributed by atoms with Crippen molar-refractivity contribution in [1.29, 1.82) is 0 Å². The largest absolute Gasteiger partial charge is 0.370 e. The topological polar surface area (TPSA) is 45.2 Å². The summed E-state index contributed by atoms with van der Waals surface area (Å²) in [7, 11) is 1.96. The Morgan fingerprint density at radius 2 is 1.75 bits per heavy atom. The van der Waals surface area contributed by atoms with Gasteiger partial charge in [0.1, 0.15) is 5.82 Å². The summed E-state index contributed by atoms with van der Waals surface area (Å²) in [4.78, 5) is 19.0. The lowest BCUT2D eigenvalue weighted by Gasteiger charge is -2.19. The lowest BCUT2D eigenvalue weighted by atomic mass is 10.1. The van der Waals surface area contributed by atoms with Gasteiger partial charge in [0.2, 0.25) is 0 Å². The molecule has 1 heterocycles. The van der Waals surface area contributed by atoms with Crippen LogP contribution in [0, 0.1) is 5.82 Å². The maximum Gasteiger partial charge on any atom is 0.257 e. The minimum absolute atomic E-state index is 0.188. The van der Waals surface area contributed by atoms with Crippen LogP contribution in [-0.2, 0) is 6.54 Å². The maximum absolute atomic E-state index is 13.0. The molecular formula is C22H18FN3OS. The van der Waals surface area contributed by atoms with E-state index >= 15 is 0 Å². The van der Waals surface area contributed by atoms with Crippen LogP contribution in [0.5, 0.6) is 0 Å². The zero-order valence-electron chi connectivity index (χ0n) is 15.2. The van der Waals surface area contributed by atoms with Crippen molar-refractivity contribution in [3.8, 4) is 0 Å². The SMILES string of the molecule is CN(Cc1ccc(F)cc1)c1ccc(C(=O)Nc2nc3ccccc3s2)cc1. The van der Waals surface area contributed by atoms with E-state index in [1.807, 2.05) is 48.3 Å². The van der Waals surface area contributed by atoms with Crippen molar-refractivity contribution >= 4 is 38.3 Å². The Kier molecular flexibility index (Phi) is 5.04. The fourth-order valence-electron chi connectivity index (χ4n) is 2.92. The number of nitrogens with zero attached hydrogens (tertiary/aromatic N) is 2. The summed E-state index contributed by atoms with van der Waals surface area (Å²) in [6, 6.07) is 21.6. The molecule has 0 aliphatic heterocycles. The third kappa shape index (κ3) is 4.02. The second-order valence-electron chi connectivity index (χ2n) is 6.47. The van der Waals surface area contributed by atoms with E-state index in [0.717, 1.165) is 21.5 Å². The highest BCUT2D eigenvalue weighted by Crippen LogP contribution is 2.26. The lowest BCUT2D eigenvalue weighted by Crippen LogP contribution is -2.17. The third-order valence-electron chi connectivity index (χ3n) is 4.42. The van der Waals surface area contributed by atoms with E-state index in [2.05, 4.69) is 10.3 Å². The van der Waals surface area contributed by atoms with Crippen LogP contribution in [0.2, 0.25) is 0 Å². The number of rotatable bonds is 5. The number of amides is 1. The second-order valence-corrected chi connectivity index (χ2v) is 7.50. The fraction of sp³-hybridized carbons (Fsp3) is 0.0909. The van der Waals surface area contributed by atoms with E-state index < -0.39 is 0 Å². The maximum atomic E-state index is 13.0. The van der Waals surface area contributed by atoms with Gasteiger partial charge in [0.25, 0.3) is 5.91 Å². The van der Waals surface area contributed by atoms with E-state index in [9.17, 15) is 9.18 Å². The molecule has 1 aromatic heterocycles. The quantitative estimate of drug-likeness (QED) is 0.500. The number of carbonyl (C=O) groups is 1. The lowest BCUT2D eigenvalue weighted by molar-refractivity contribution is 0.102. The predicted molar refractivity (Wildman–Crippen MR) is 113 cm³/mol. The molecule has 0 saturated carbocycles. The molecule has 0 atom stereocenters. The van der Waals surface area contributed by atoms with E-state index in [0.29, 0.717) is 17.2 Å². The molecule has 140 valence electrons. The smallest absolute Gasteiger partial charge is 0.257 e. The molecule has 0 bridgehead atoms. The third-order valence-corrected chi connectivity index (χ3v) is 5.37. The van der Waals surface area contributed by atoms with E-state index in [4.69, 9.17) is 0 Å². The summed E-state index contributed by atoms with van der Waals surface area (Å²) in [6.07, 6.45) is 0. The molecule has 0 aliphatic carbocycles. The van der Waals surface area contributed by atoms with Gasteiger partial charge in [0.05, 0.1) is 10.2 Å². The first-order valence-electron chi connectivity index (χ1n) is 8.81. The monoisotopic (exact) mass is 391 g/mol. The van der Waals surface area contributed by atoms with Crippen LogP contribution in [0.1, 0.15) is 15.9 Å². The number of benzene rings is 3. The molecule has 0 aliphatic rings. The molecule has 28 heavy (non-hydrogen) atoms. The average molecular weight is 391 g/mol. The number of nitrogens with one attached hydrogen (secondary N) is 1. The summed E-state index contributed by atoms with van der Waals surface area (Å²) >= 11 is 1.45. The van der Waals surface area contributed by atoms with Crippen molar-refractivity contribution in [2.75, 3.05) is 17.3 Å². The Balaban J connectivity index is 1.43. The van der Waals surface area contributed by atoms with Crippen LogP contribution in [-0.4, -0.2) is 17.9 Å². The van der Waals surface area contributed by atoms with E-state index in [1.165, 1.54) is 23.5 Å². The highest BCUT2D eigenvalue weighted by Gasteiger charge is 2.11. The molecule has 0 radical (unpaired) electrons. The van der Waals surface area contributed by atoms with Crippen LogP contribution in [0.15, 0.2) is 72.8 Å². The van der Waals surface area contributed by atoms with Crippen molar-refractivity contribution in [2.24, 2.45) is 0 Å². The summed E-state index contributed by atoms with van der Waals surface area (Å²) in [5.74, 6) is -0.429. The van der Waals surface area contributed by atoms with Gasteiger partial charge in [0, 0.05) is 24.8 Å². The zero-order valence-corrected chi connectivity index (χ0v) is 16.0. The molecule has 0 spiro atoms. The Bertz CT molecular complexity index is 1070. The molecule has 4 nitrogen and oxygen atoms in total. The number of hydrogen-bond acceptors (Lipinski definition) is 4. The number of para-hydroxylation sites is 1. The average Bonchev–Trinajstić information content (AvgIpc) is 3.12. The number of anilines is 2. The van der Waals surface area contributed by atoms with Crippen LogP contribution in [0.3, 0.4) is 0 Å². The van der Waals surface area contributed by atoms with Crippen LogP contribution in [0.4, 0.5) is 15.2 Å². The van der Waals surface area contributed by atoms with Crippen molar-refractivity contribution in [2.45, 2.75) is 6.54 Å². The molecule has 6 heteroatoms. The Morgan fingerprint density at radius 1 is 1.04 bits per heavy atom. The van der Waals surface area contributed by atoms with E-state index in [1.54, 1.807) is 24.3 Å². The second kappa shape index (κ2) is 7.78. The van der Waals surface area contributed by atoms with Gasteiger partial charge >= 0.3 is 0 Å². The van der Waals surface area contributed by atoms with Gasteiger partial charge in [-0.25, -0.2) is 9.37 Å². The van der Waals surface area contributed by atoms with Crippen molar-refractivity contribution in [1.82, 2.24) is 4.98 Å². The fourth-order valence-corrected chi connectivity index (χ4v) is 3.78. The summed E-state index contributed by atoms with van der Waals surface area (Å²) in [6.45, 7) is 0.650. The van der Waals surface area contributed by atoms with Crippen LogP contribution < -0.4 is 10.2 Å². The van der Waals surface area contributed by atoms with Gasteiger partial charge in [-0.15, -0.1) is 0 Å². The van der Waals surface area contributed by atoms with Gasteiger partial charge in [-0.1, -0.05) is 35.6 Å². The number of halogens is 1. The van der Waals surface area contributed by atoms with Crippen molar-refractivity contribution in [3.05, 3.63) is 89.7 Å². The van der Waals surface area contributed by atoms with Gasteiger partial charge in [-0.05, 0) is 54.1 Å². The van der Waals surface area contributed by atoms with Gasteiger partial charge in [-0.3, -0.25) is 10.1 Å². The Hall–Kier alpha value is -3.25. The Labute approximate surface area is 166 Å². The molecule has 0 fully saturated rings. The highest BCUT2D eigenvalue weighted by molar-refractivity contribution is 7.22. The molecule has 0 unspecified atom stereocenters. The number of thiazole rings is 1. The Morgan fingerprint density at radius 3 is 2.46 bits per heavy atom. The normalized spacial score (nSPS) is 10.8. The molecule has 0 saturated heterocycles. The molecule has 4 aromatic rings. The highest BCUT2D eigenvalue weighted by atomic mass is 32.1. The summed E-state index contributed by atoms with van der Waals surface area (Å²) in [5, 5.41) is 3.45. The van der Waals surface area contributed by atoms with Crippen molar-refractivity contribution in [3.63, 3.8) is 0 Å². The van der Waals surface area contributed by atoms with Gasteiger partial charge in [0.15, 0.2) is 5.13 Å². The first-order chi connectivity index (χ1) is 13.6. The minimum Gasteiger partial charge on any atom is -0.370 e. The number of aromatic nitrogens is 1. The standard InChI is InChI=1S/C22H18FN3OS/c1-26(14-15-6-10-17(23)11-7-15)18-12-8-16(9-13-18)21(27)25-22-24-19-4-2-3-5-20(19)28-22/h2-13H,14H2,1H3,(H,24,25,27). The van der Waals surface area contributed by atoms with Crippen LogP contribution >= 0.6 is 11.3 Å². The number of hydrogen-bond donors (Lipinski definition) is 1. The van der Waals surface area contributed by atoms with Gasteiger partial charge < -0.3 is 4.90 Å². The van der Waals surface area contributed by atoms with Crippen LogP contribution in [0.25, 0.3) is 10.2 Å². The first-order valence-corrected chi connectivity index (χ1v) is 9.63. The molecule has 4 rings (SSSR count). The summed E-state index contributed by atoms with van der Waals surface area (Å²) < 4.78 is 14.1. The molecule has 1 amide bonds. The first kappa shape index (κ1) is 18.1.